The van der Waals surface area contributed by atoms with Gasteiger partial charge in [-0.3, -0.25) is 33.3 Å². The molecule has 0 unspecified atom stereocenters. The molecule has 292 valence electrons. The molecule has 0 bridgehead atoms. The molecule has 9 N–H and O–H groups in total. The molecule has 1 aliphatic heterocycles. The molecule has 4 atom stereocenters. The maximum absolute atomic E-state index is 14.3. The number of nitrogens with two attached hydrogens (primary N) is 1. The van der Waals surface area contributed by atoms with Crippen molar-refractivity contribution >= 4 is 53.9 Å². The molecule has 3 aromatic carbocycles. The number of hydrogen-bond acceptors (Lipinski definition) is 7. The van der Waals surface area contributed by atoms with Crippen molar-refractivity contribution in [1.82, 2.24) is 21.3 Å². The highest BCUT2D eigenvalue weighted by Crippen LogP contribution is 2.40. The van der Waals surface area contributed by atoms with Crippen LogP contribution in [0, 0.1) is 5.92 Å². The first-order chi connectivity index (χ1) is 26.1. The fourth-order valence-corrected chi connectivity index (χ4v) is 8.03. The van der Waals surface area contributed by atoms with Gasteiger partial charge in [0.1, 0.15) is 17.6 Å². The Morgan fingerprint density at radius 1 is 0.873 bits per heavy atom. The first-order valence-corrected chi connectivity index (χ1v) is 19.9. The van der Waals surface area contributed by atoms with E-state index in [1.165, 1.54) is 12.1 Å². The fraction of sp³-hybridized carbons (Fsp3) is 0.385. The highest BCUT2D eigenvalue weighted by Gasteiger charge is 2.45. The third-order valence-corrected chi connectivity index (χ3v) is 10.9. The van der Waals surface area contributed by atoms with Crippen molar-refractivity contribution in [2.45, 2.75) is 87.6 Å². The number of carboxylic acid groups (broad SMARTS) is 1. The molecule has 2 aliphatic rings. The zero-order valence-corrected chi connectivity index (χ0v) is 31.0. The molecule has 1 fully saturated rings. The van der Waals surface area contributed by atoms with E-state index in [4.69, 9.17) is 5.73 Å². The number of nitrogens with one attached hydrogen (secondary N) is 4. The van der Waals surface area contributed by atoms with Crippen LogP contribution >= 0.6 is 7.60 Å². The topological polar surface area (TPSA) is 254 Å². The minimum Gasteiger partial charge on any atom is -0.481 e. The van der Waals surface area contributed by atoms with Gasteiger partial charge in [0.2, 0.25) is 29.5 Å². The number of aliphatic carboxylic acids is 1. The van der Waals surface area contributed by atoms with Crippen LogP contribution in [0.25, 0.3) is 10.8 Å². The van der Waals surface area contributed by atoms with E-state index in [9.17, 15) is 48.2 Å². The summed E-state index contributed by atoms with van der Waals surface area (Å²) in [4.78, 5) is 99.5. The van der Waals surface area contributed by atoms with E-state index >= 15 is 0 Å². The van der Waals surface area contributed by atoms with Crippen LogP contribution in [0.3, 0.4) is 0 Å². The smallest absolute Gasteiger partial charge is 0.329 e. The molecule has 1 aliphatic carbocycles. The van der Waals surface area contributed by atoms with E-state index in [-0.39, 0.29) is 25.8 Å². The monoisotopic (exact) mass is 775 g/mol. The maximum atomic E-state index is 14.3. The molecule has 15 nitrogen and oxygen atoms in total. The molecule has 5 rings (SSSR count). The van der Waals surface area contributed by atoms with E-state index in [0.29, 0.717) is 24.0 Å². The summed E-state index contributed by atoms with van der Waals surface area (Å²) >= 11 is 0. The maximum Gasteiger partial charge on any atom is 0.329 e. The van der Waals surface area contributed by atoms with Crippen LogP contribution in [0.15, 0.2) is 78.9 Å². The first kappa shape index (κ1) is 40.8. The van der Waals surface area contributed by atoms with Crippen LogP contribution < -0.4 is 27.0 Å². The summed E-state index contributed by atoms with van der Waals surface area (Å²) in [6.45, 7) is 0.102. The largest absolute Gasteiger partial charge is 0.481 e. The van der Waals surface area contributed by atoms with Crippen molar-refractivity contribution in [3.63, 3.8) is 0 Å². The highest BCUT2D eigenvalue weighted by atomic mass is 31.2. The van der Waals surface area contributed by atoms with Gasteiger partial charge in [-0.1, -0.05) is 98.1 Å². The lowest BCUT2D eigenvalue weighted by Gasteiger charge is -2.39. The normalized spacial score (nSPS) is 22.8. The standard InChI is InChI=1S/C39H46N5O10P/c40-33(45)21-32-37(50)42-31(36(49)41-22-27-10-6-9-25-8-2-3-11-28(25)27)13-7-12-29(26-16-14-24(15-17-26)23-55(52,53)54)30(20-34(46)47)35(48)44-39(38(51)43-32)18-4-1-5-19-39/h2-3,6-12,14-17,29-32H,1,4-5,13,18-23H2,(H2,40,45)(H,41,49)(H,42,50)(H,43,51)(H,44,48)(H,46,47)(H2,52,53,54)/b12-7+/t29-,30+,31+,32+/m1/s1. The number of hydrogen-bond donors (Lipinski definition) is 8. The third kappa shape index (κ3) is 10.9. The van der Waals surface area contributed by atoms with Crippen molar-refractivity contribution in [3.8, 4) is 0 Å². The summed E-state index contributed by atoms with van der Waals surface area (Å²) in [6.07, 6.45) is 3.35. The minimum absolute atomic E-state index is 0.102. The Morgan fingerprint density at radius 2 is 1.56 bits per heavy atom. The third-order valence-electron chi connectivity index (χ3n) is 10.1. The number of allylic oxidation sites excluding steroid dienone is 1. The Balaban J connectivity index is 1.55. The Bertz CT molecular complexity index is 2000. The zero-order chi connectivity index (χ0) is 39.8. The number of amides is 5. The lowest BCUT2D eigenvalue weighted by molar-refractivity contribution is -0.143. The van der Waals surface area contributed by atoms with Crippen molar-refractivity contribution in [2.75, 3.05) is 0 Å². The zero-order valence-electron chi connectivity index (χ0n) is 30.1. The number of carboxylic acids is 1. The fourth-order valence-electron chi connectivity index (χ4n) is 7.35. The van der Waals surface area contributed by atoms with Crippen LogP contribution in [-0.2, 0) is 46.0 Å². The van der Waals surface area contributed by atoms with Gasteiger partial charge in [-0.15, -0.1) is 0 Å². The average Bonchev–Trinajstić information content (AvgIpc) is 3.13. The predicted molar refractivity (Wildman–Crippen MR) is 202 cm³/mol. The Kier molecular flexibility index (Phi) is 13.2. The van der Waals surface area contributed by atoms with Gasteiger partial charge in [-0.25, -0.2) is 0 Å². The van der Waals surface area contributed by atoms with Crippen LogP contribution in [-0.4, -0.2) is 68.0 Å². The first-order valence-electron chi connectivity index (χ1n) is 18.1. The van der Waals surface area contributed by atoms with E-state index in [1.807, 2.05) is 42.5 Å². The summed E-state index contributed by atoms with van der Waals surface area (Å²) in [6, 6.07) is 16.6. The second-order valence-electron chi connectivity index (χ2n) is 14.2. The lowest BCUT2D eigenvalue weighted by Crippen LogP contribution is -2.64. The van der Waals surface area contributed by atoms with Gasteiger partial charge in [-0.05, 0) is 46.7 Å². The van der Waals surface area contributed by atoms with Gasteiger partial charge in [0.25, 0.3) is 0 Å². The Hall–Kier alpha value is -5.37. The second kappa shape index (κ2) is 17.8. The molecule has 0 aromatic heterocycles. The Labute approximate surface area is 317 Å². The number of rotatable bonds is 10. The minimum atomic E-state index is -4.40. The van der Waals surface area contributed by atoms with E-state index in [1.54, 1.807) is 24.3 Å². The number of carbonyl (C=O) groups excluding carboxylic acids is 5. The second-order valence-corrected chi connectivity index (χ2v) is 15.8. The SMILES string of the molecule is NC(=O)C[C@@H]1NC(=O)C2(CCCCC2)NC(=O)[C@@H](CC(=O)O)[C@@H](c2ccc(CP(=O)(O)O)cc2)/C=C/C[C@@H](C(=O)NCc2cccc3ccccc23)NC1=O. The van der Waals surface area contributed by atoms with Gasteiger partial charge in [-0.2, -0.15) is 0 Å². The summed E-state index contributed by atoms with van der Waals surface area (Å²) in [7, 11) is -4.40. The van der Waals surface area contributed by atoms with Crippen molar-refractivity contribution in [3.05, 3.63) is 95.6 Å². The quantitative estimate of drug-likeness (QED) is 0.110. The van der Waals surface area contributed by atoms with E-state index in [0.717, 1.165) is 22.8 Å². The van der Waals surface area contributed by atoms with Gasteiger partial charge >= 0.3 is 13.6 Å². The number of fused-ring (bicyclic) bond motifs is 1. The molecule has 1 saturated carbocycles. The predicted octanol–water partition coefficient (Wildman–Crippen LogP) is 2.63. The summed E-state index contributed by atoms with van der Waals surface area (Å²) in [5.41, 5.74) is 5.50. The van der Waals surface area contributed by atoms with Crippen molar-refractivity contribution < 1.29 is 48.2 Å². The van der Waals surface area contributed by atoms with Gasteiger partial charge < -0.3 is 41.9 Å². The molecule has 16 heteroatoms. The molecular weight excluding hydrogens is 729 g/mol. The average molecular weight is 776 g/mol. The van der Waals surface area contributed by atoms with Gasteiger partial charge in [0.15, 0.2) is 0 Å². The lowest BCUT2D eigenvalue weighted by atomic mass is 9.78. The van der Waals surface area contributed by atoms with Crippen LogP contribution in [0.2, 0.25) is 0 Å². The summed E-state index contributed by atoms with van der Waals surface area (Å²) in [5, 5.41) is 22.9. The molecular formula is C39H46N5O10P. The molecule has 5 amide bonds. The highest BCUT2D eigenvalue weighted by molar-refractivity contribution is 7.50. The number of benzene rings is 3. The summed E-state index contributed by atoms with van der Waals surface area (Å²) in [5.74, 6) is -7.36. The van der Waals surface area contributed by atoms with Gasteiger partial charge in [0.05, 0.1) is 24.9 Å². The molecule has 0 radical (unpaired) electrons. The van der Waals surface area contributed by atoms with Gasteiger partial charge in [0, 0.05) is 12.5 Å². The molecule has 55 heavy (non-hydrogen) atoms. The Morgan fingerprint density at radius 3 is 2.24 bits per heavy atom. The van der Waals surface area contributed by atoms with Crippen LogP contribution in [0.5, 0.6) is 0 Å². The number of carbonyl (C=O) groups is 6. The van der Waals surface area contributed by atoms with E-state index < -0.39 is 91.6 Å². The van der Waals surface area contributed by atoms with Crippen LogP contribution in [0.4, 0.5) is 0 Å². The molecule has 1 spiro atoms. The van der Waals surface area contributed by atoms with E-state index in [2.05, 4.69) is 21.3 Å². The van der Waals surface area contributed by atoms with Crippen molar-refractivity contribution in [1.29, 1.82) is 0 Å². The van der Waals surface area contributed by atoms with Crippen LogP contribution in [0.1, 0.15) is 74.0 Å². The molecule has 1 heterocycles. The molecule has 3 aromatic rings. The summed E-state index contributed by atoms with van der Waals surface area (Å²) < 4.78 is 11.7. The number of primary amides is 1. The molecule has 0 saturated heterocycles. The van der Waals surface area contributed by atoms with Crippen molar-refractivity contribution in [2.24, 2.45) is 11.7 Å².